The number of nitrogens with zero attached hydrogens (tertiary/aromatic N) is 1. The lowest BCUT2D eigenvalue weighted by molar-refractivity contribution is -0.113. The van der Waals surface area contributed by atoms with E-state index in [0.717, 1.165) is 21.8 Å². The van der Waals surface area contributed by atoms with Crippen LogP contribution in [-0.2, 0) is 4.79 Å². The summed E-state index contributed by atoms with van der Waals surface area (Å²) in [5.74, 6) is 0.934. The van der Waals surface area contributed by atoms with Crippen LogP contribution >= 0.6 is 27.7 Å². The number of benzene rings is 2. The van der Waals surface area contributed by atoms with E-state index in [1.54, 1.807) is 42.5 Å². The van der Waals surface area contributed by atoms with E-state index >= 15 is 0 Å². The second kappa shape index (κ2) is 5.99. The van der Waals surface area contributed by atoms with Crippen molar-refractivity contribution in [3.63, 3.8) is 0 Å². The number of para-hydroxylation sites is 1. The molecule has 0 unspecified atom stereocenters. The van der Waals surface area contributed by atoms with Gasteiger partial charge in [-0.05, 0) is 47.7 Å². The summed E-state index contributed by atoms with van der Waals surface area (Å²) < 4.78 is 11.4. The number of halogens is 1. The van der Waals surface area contributed by atoms with Gasteiger partial charge in [-0.25, -0.2) is 4.90 Å². The Morgan fingerprint density at radius 1 is 1.08 bits per heavy atom. The topological polar surface area (TPSA) is 55.8 Å². The zero-order valence-corrected chi connectivity index (χ0v) is 14.6. The Morgan fingerprint density at radius 2 is 1.79 bits per heavy atom. The van der Waals surface area contributed by atoms with Crippen molar-refractivity contribution in [1.29, 1.82) is 0 Å². The number of carbonyl (C=O) groups excluding carboxylic acids is 2. The lowest BCUT2D eigenvalue weighted by Gasteiger charge is -2.11. The molecule has 120 valence electrons. The number of hydrogen-bond acceptors (Lipinski definition) is 5. The van der Waals surface area contributed by atoms with Crippen LogP contribution in [0.25, 0.3) is 6.08 Å². The minimum absolute atomic E-state index is 0.176. The summed E-state index contributed by atoms with van der Waals surface area (Å²) in [6.07, 6.45) is 1.68. The first kappa shape index (κ1) is 15.3. The fraction of sp³-hybridized carbons (Fsp3) is 0.0588. The van der Waals surface area contributed by atoms with E-state index in [1.807, 2.05) is 6.07 Å². The largest absolute Gasteiger partial charge is 0.454 e. The third-order valence-corrected chi connectivity index (χ3v) is 5.14. The van der Waals surface area contributed by atoms with Gasteiger partial charge < -0.3 is 9.47 Å². The van der Waals surface area contributed by atoms with Gasteiger partial charge >= 0.3 is 0 Å². The molecule has 2 aliphatic heterocycles. The zero-order valence-electron chi connectivity index (χ0n) is 12.2. The lowest BCUT2D eigenvalue weighted by atomic mass is 10.2. The summed E-state index contributed by atoms with van der Waals surface area (Å²) in [5.41, 5.74) is 1.31. The third kappa shape index (κ3) is 2.59. The highest BCUT2D eigenvalue weighted by Gasteiger charge is 2.36. The lowest BCUT2D eigenvalue weighted by Crippen LogP contribution is -2.27. The number of rotatable bonds is 2. The standard InChI is InChI=1S/C17H10BrNO4S/c18-12-8-14-13(22-9-23-14)6-10(12)7-15-16(20)19(17(21)24-15)11-4-2-1-3-5-11/h1-8H,9H2/b15-7+. The van der Waals surface area contributed by atoms with Crippen LogP contribution in [0.3, 0.4) is 0 Å². The smallest absolute Gasteiger partial charge is 0.298 e. The van der Waals surface area contributed by atoms with Crippen LogP contribution in [0, 0.1) is 0 Å². The highest BCUT2D eigenvalue weighted by molar-refractivity contribution is 9.10. The van der Waals surface area contributed by atoms with E-state index in [-0.39, 0.29) is 17.9 Å². The van der Waals surface area contributed by atoms with Crippen molar-refractivity contribution in [2.75, 3.05) is 11.7 Å². The number of anilines is 1. The summed E-state index contributed by atoms with van der Waals surface area (Å²) in [6.45, 7) is 0.176. The molecule has 0 aromatic heterocycles. The molecule has 2 aromatic rings. The minimum Gasteiger partial charge on any atom is -0.454 e. The minimum atomic E-state index is -0.333. The van der Waals surface area contributed by atoms with Crippen LogP contribution < -0.4 is 14.4 Å². The third-order valence-electron chi connectivity index (χ3n) is 3.59. The van der Waals surface area contributed by atoms with Gasteiger partial charge in [-0.2, -0.15) is 0 Å². The molecule has 0 spiro atoms. The summed E-state index contributed by atoms with van der Waals surface area (Å²) in [7, 11) is 0. The van der Waals surface area contributed by atoms with Crippen LogP contribution in [0.1, 0.15) is 5.56 Å². The van der Waals surface area contributed by atoms with Gasteiger partial charge in [0.2, 0.25) is 6.79 Å². The summed E-state index contributed by atoms with van der Waals surface area (Å²) in [4.78, 5) is 26.4. The summed E-state index contributed by atoms with van der Waals surface area (Å²) >= 11 is 4.37. The number of hydrogen-bond donors (Lipinski definition) is 0. The monoisotopic (exact) mass is 403 g/mol. The second-order valence-electron chi connectivity index (χ2n) is 5.08. The van der Waals surface area contributed by atoms with Gasteiger partial charge in [-0.15, -0.1) is 0 Å². The SMILES string of the molecule is O=C1S/C(=C/c2cc3c(cc2Br)OCO3)C(=O)N1c1ccccc1. The molecular weight excluding hydrogens is 394 g/mol. The van der Waals surface area contributed by atoms with Gasteiger partial charge in [-0.1, -0.05) is 34.1 Å². The van der Waals surface area contributed by atoms with E-state index in [2.05, 4.69) is 15.9 Å². The quantitative estimate of drug-likeness (QED) is 0.694. The second-order valence-corrected chi connectivity index (χ2v) is 6.93. The number of thioether (sulfide) groups is 1. The van der Waals surface area contributed by atoms with Gasteiger partial charge in [0, 0.05) is 4.47 Å². The first-order valence-electron chi connectivity index (χ1n) is 7.05. The van der Waals surface area contributed by atoms with Gasteiger partial charge in [0.1, 0.15) is 0 Å². The molecule has 0 bridgehead atoms. The highest BCUT2D eigenvalue weighted by Crippen LogP contribution is 2.40. The molecule has 0 aliphatic carbocycles. The van der Waals surface area contributed by atoms with E-state index < -0.39 is 0 Å². The van der Waals surface area contributed by atoms with Crippen LogP contribution in [0.15, 0.2) is 51.8 Å². The van der Waals surface area contributed by atoms with Crippen molar-refractivity contribution in [3.05, 3.63) is 57.4 Å². The van der Waals surface area contributed by atoms with Crippen molar-refractivity contribution in [2.45, 2.75) is 0 Å². The Morgan fingerprint density at radius 3 is 2.54 bits per heavy atom. The average molecular weight is 404 g/mol. The molecule has 2 amide bonds. The van der Waals surface area contributed by atoms with E-state index in [0.29, 0.717) is 22.1 Å². The van der Waals surface area contributed by atoms with Crippen LogP contribution in [0.4, 0.5) is 10.5 Å². The maximum absolute atomic E-state index is 12.6. The van der Waals surface area contributed by atoms with Crippen molar-refractivity contribution < 1.29 is 19.1 Å². The Balaban J connectivity index is 1.70. The number of amides is 2. The van der Waals surface area contributed by atoms with Crippen molar-refractivity contribution in [1.82, 2.24) is 0 Å². The predicted octanol–water partition coefficient (Wildman–Crippen LogP) is 4.42. The fourth-order valence-electron chi connectivity index (χ4n) is 2.45. The molecule has 7 heteroatoms. The Labute approximate surface area is 150 Å². The van der Waals surface area contributed by atoms with Gasteiger partial charge in [-0.3, -0.25) is 9.59 Å². The predicted molar refractivity (Wildman–Crippen MR) is 95.2 cm³/mol. The van der Waals surface area contributed by atoms with Crippen LogP contribution in [0.5, 0.6) is 11.5 Å². The molecule has 0 atom stereocenters. The molecule has 1 fully saturated rings. The molecular formula is C17H10BrNO4S. The van der Waals surface area contributed by atoms with Gasteiger partial charge in [0.05, 0.1) is 10.6 Å². The number of imide groups is 1. The first-order valence-corrected chi connectivity index (χ1v) is 8.66. The Kier molecular flexibility index (Phi) is 3.82. The molecule has 24 heavy (non-hydrogen) atoms. The normalized spacial score (nSPS) is 17.9. The molecule has 5 nitrogen and oxygen atoms in total. The molecule has 2 heterocycles. The van der Waals surface area contributed by atoms with Crippen molar-refractivity contribution >= 4 is 50.6 Å². The van der Waals surface area contributed by atoms with E-state index in [4.69, 9.17) is 9.47 Å². The summed E-state index contributed by atoms with van der Waals surface area (Å²) in [5, 5.41) is -0.311. The molecule has 0 N–H and O–H groups in total. The van der Waals surface area contributed by atoms with E-state index in [1.165, 1.54) is 4.90 Å². The molecule has 4 rings (SSSR count). The molecule has 1 saturated heterocycles. The number of ether oxygens (including phenoxy) is 2. The molecule has 2 aliphatic rings. The number of fused-ring (bicyclic) bond motifs is 1. The maximum Gasteiger partial charge on any atom is 0.298 e. The van der Waals surface area contributed by atoms with Gasteiger partial charge in [0.15, 0.2) is 11.5 Å². The first-order chi connectivity index (χ1) is 11.6. The average Bonchev–Trinajstić information content (AvgIpc) is 3.13. The maximum atomic E-state index is 12.6. The van der Waals surface area contributed by atoms with Crippen molar-refractivity contribution in [3.8, 4) is 11.5 Å². The molecule has 0 radical (unpaired) electrons. The Hall–Kier alpha value is -2.25. The molecule has 0 saturated carbocycles. The highest BCUT2D eigenvalue weighted by atomic mass is 79.9. The number of carbonyl (C=O) groups is 2. The van der Waals surface area contributed by atoms with Crippen LogP contribution in [0.2, 0.25) is 0 Å². The molecule has 2 aromatic carbocycles. The Bertz CT molecular complexity index is 882. The zero-order chi connectivity index (χ0) is 16.7. The van der Waals surface area contributed by atoms with Crippen molar-refractivity contribution in [2.24, 2.45) is 0 Å². The van der Waals surface area contributed by atoms with Gasteiger partial charge in [0.25, 0.3) is 11.1 Å². The fourth-order valence-corrected chi connectivity index (χ4v) is 3.72. The van der Waals surface area contributed by atoms with Crippen LogP contribution in [-0.4, -0.2) is 17.9 Å². The van der Waals surface area contributed by atoms with E-state index in [9.17, 15) is 9.59 Å². The summed E-state index contributed by atoms with van der Waals surface area (Å²) in [6, 6.07) is 12.4.